The molecule has 2 heterocycles. The standard InChI is InChI=1S/C26H34N2O3/c1-29-22-11-6-9-19(14-22)21-10-7-13-28(18-21)12-5-4-8-20-17-27-24-16-26(31-3)25(30-2)15-23(20)24/h6,9,11,14-17,21,27H,4-5,7-8,10,12-13,18H2,1-3H3. The van der Waals surface area contributed by atoms with E-state index in [1.807, 2.05) is 12.1 Å². The molecule has 166 valence electrons. The first-order chi connectivity index (χ1) is 15.2. The van der Waals surface area contributed by atoms with Crippen molar-refractivity contribution in [3.05, 3.63) is 53.7 Å². The minimum absolute atomic E-state index is 0.611. The predicted molar refractivity (Wildman–Crippen MR) is 126 cm³/mol. The number of nitrogens with one attached hydrogen (secondary N) is 1. The Labute approximate surface area is 185 Å². The molecular formula is C26H34N2O3. The highest BCUT2D eigenvalue weighted by Crippen LogP contribution is 2.34. The van der Waals surface area contributed by atoms with Crippen LogP contribution in [0.25, 0.3) is 10.9 Å². The Hall–Kier alpha value is -2.66. The number of fused-ring (bicyclic) bond motifs is 1. The molecule has 1 aliphatic rings. The smallest absolute Gasteiger partial charge is 0.162 e. The van der Waals surface area contributed by atoms with Gasteiger partial charge in [-0.1, -0.05) is 12.1 Å². The van der Waals surface area contributed by atoms with Gasteiger partial charge in [0.2, 0.25) is 0 Å². The lowest BCUT2D eigenvalue weighted by Gasteiger charge is -2.33. The molecule has 4 rings (SSSR count). The van der Waals surface area contributed by atoms with Crippen molar-refractivity contribution >= 4 is 10.9 Å². The van der Waals surface area contributed by atoms with Crippen LogP contribution in [0.4, 0.5) is 0 Å². The van der Waals surface area contributed by atoms with Crippen LogP contribution in [0.1, 0.15) is 42.7 Å². The first-order valence-electron chi connectivity index (χ1n) is 11.3. The van der Waals surface area contributed by atoms with Crippen molar-refractivity contribution in [2.75, 3.05) is 41.0 Å². The number of ether oxygens (including phenoxy) is 3. The Kier molecular flexibility index (Phi) is 7.03. The maximum Gasteiger partial charge on any atom is 0.162 e. The van der Waals surface area contributed by atoms with Gasteiger partial charge in [-0.25, -0.2) is 0 Å². The Balaban J connectivity index is 1.30. The van der Waals surface area contributed by atoms with E-state index in [1.165, 1.54) is 55.3 Å². The summed E-state index contributed by atoms with van der Waals surface area (Å²) in [6.45, 7) is 3.53. The fourth-order valence-corrected chi connectivity index (χ4v) is 4.79. The number of rotatable bonds is 9. The molecule has 1 N–H and O–H groups in total. The number of piperidine rings is 1. The summed E-state index contributed by atoms with van der Waals surface area (Å²) in [5, 5.41) is 1.23. The van der Waals surface area contributed by atoms with Gasteiger partial charge in [0.25, 0.3) is 0 Å². The number of aromatic nitrogens is 1. The number of benzene rings is 2. The average molecular weight is 423 g/mol. The van der Waals surface area contributed by atoms with Gasteiger partial charge in [0.05, 0.1) is 21.3 Å². The third-order valence-electron chi connectivity index (χ3n) is 6.51. The summed E-state index contributed by atoms with van der Waals surface area (Å²) in [5.41, 5.74) is 3.86. The number of methoxy groups -OCH3 is 3. The second-order valence-corrected chi connectivity index (χ2v) is 8.44. The van der Waals surface area contributed by atoms with Gasteiger partial charge in [-0.3, -0.25) is 0 Å². The fourth-order valence-electron chi connectivity index (χ4n) is 4.79. The Morgan fingerprint density at radius 1 is 1.00 bits per heavy atom. The minimum atomic E-state index is 0.611. The van der Waals surface area contributed by atoms with Crippen LogP contribution in [0.5, 0.6) is 17.2 Å². The second-order valence-electron chi connectivity index (χ2n) is 8.44. The molecule has 0 spiro atoms. The van der Waals surface area contributed by atoms with E-state index in [4.69, 9.17) is 14.2 Å². The Bertz CT molecular complexity index is 997. The molecule has 5 nitrogen and oxygen atoms in total. The topological polar surface area (TPSA) is 46.7 Å². The van der Waals surface area contributed by atoms with Crippen LogP contribution in [-0.4, -0.2) is 50.8 Å². The molecule has 3 aromatic rings. The summed E-state index contributed by atoms with van der Waals surface area (Å²) in [7, 11) is 5.10. The van der Waals surface area contributed by atoms with Gasteiger partial charge in [-0.2, -0.15) is 0 Å². The highest BCUT2D eigenvalue weighted by Gasteiger charge is 2.21. The third-order valence-corrected chi connectivity index (χ3v) is 6.51. The maximum absolute atomic E-state index is 5.48. The van der Waals surface area contributed by atoms with Crippen molar-refractivity contribution in [2.45, 2.75) is 38.0 Å². The first kappa shape index (κ1) is 21.6. The zero-order chi connectivity index (χ0) is 21.6. The summed E-state index contributed by atoms with van der Waals surface area (Å²) >= 11 is 0. The molecule has 0 amide bonds. The van der Waals surface area contributed by atoms with E-state index >= 15 is 0 Å². The number of likely N-dealkylation sites (tertiary alicyclic amines) is 1. The molecular weight excluding hydrogens is 388 g/mol. The zero-order valence-electron chi connectivity index (χ0n) is 18.9. The quantitative estimate of drug-likeness (QED) is 0.469. The molecule has 1 saturated heterocycles. The summed E-state index contributed by atoms with van der Waals surface area (Å²) in [6.07, 6.45) is 8.13. The van der Waals surface area contributed by atoms with E-state index in [2.05, 4.69) is 40.3 Å². The van der Waals surface area contributed by atoms with Crippen LogP contribution in [-0.2, 0) is 6.42 Å². The van der Waals surface area contributed by atoms with E-state index in [1.54, 1.807) is 21.3 Å². The van der Waals surface area contributed by atoms with E-state index < -0.39 is 0 Å². The number of unbranched alkanes of at least 4 members (excludes halogenated alkanes) is 1. The molecule has 0 saturated carbocycles. The van der Waals surface area contributed by atoms with Gasteiger partial charge in [0, 0.05) is 29.7 Å². The molecule has 0 radical (unpaired) electrons. The van der Waals surface area contributed by atoms with Gasteiger partial charge in [0.15, 0.2) is 11.5 Å². The monoisotopic (exact) mass is 422 g/mol. The zero-order valence-corrected chi connectivity index (χ0v) is 18.9. The molecule has 1 atom stereocenters. The van der Waals surface area contributed by atoms with Crippen LogP contribution in [0, 0.1) is 0 Å². The van der Waals surface area contributed by atoms with Gasteiger partial charge in [-0.05, 0) is 80.4 Å². The number of aryl methyl sites for hydroxylation is 1. The van der Waals surface area contributed by atoms with E-state index in [0.717, 1.165) is 35.7 Å². The molecule has 0 aliphatic carbocycles. The van der Waals surface area contributed by atoms with Crippen molar-refractivity contribution in [3.8, 4) is 17.2 Å². The Morgan fingerprint density at radius 3 is 2.65 bits per heavy atom. The van der Waals surface area contributed by atoms with Gasteiger partial charge in [-0.15, -0.1) is 0 Å². The number of aromatic amines is 1. The predicted octanol–water partition coefficient (Wildman–Crippen LogP) is 5.40. The van der Waals surface area contributed by atoms with Gasteiger partial charge >= 0.3 is 0 Å². The fraction of sp³-hybridized carbons (Fsp3) is 0.462. The summed E-state index contributed by atoms with van der Waals surface area (Å²) in [6, 6.07) is 12.7. The molecule has 1 aliphatic heterocycles. The third kappa shape index (κ3) is 4.99. The van der Waals surface area contributed by atoms with Crippen molar-refractivity contribution < 1.29 is 14.2 Å². The lowest BCUT2D eigenvalue weighted by molar-refractivity contribution is 0.204. The van der Waals surface area contributed by atoms with Gasteiger partial charge in [0.1, 0.15) is 5.75 Å². The Morgan fingerprint density at radius 2 is 1.84 bits per heavy atom. The summed E-state index contributed by atoms with van der Waals surface area (Å²) < 4.78 is 16.3. The molecule has 31 heavy (non-hydrogen) atoms. The van der Waals surface area contributed by atoms with Crippen molar-refractivity contribution in [3.63, 3.8) is 0 Å². The lowest BCUT2D eigenvalue weighted by atomic mass is 9.90. The molecule has 1 aromatic heterocycles. The lowest BCUT2D eigenvalue weighted by Crippen LogP contribution is -2.35. The van der Waals surface area contributed by atoms with Crippen LogP contribution in [0.2, 0.25) is 0 Å². The molecule has 1 unspecified atom stereocenters. The van der Waals surface area contributed by atoms with Crippen LogP contribution < -0.4 is 14.2 Å². The number of hydrogen-bond acceptors (Lipinski definition) is 4. The summed E-state index contributed by atoms with van der Waals surface area (Å²) in [4.78, 5) is 6.02. The summed E-state index contributed by atoms with van der Waals surface area (Å²) in [5.74, 6) is 3.12. The molecule has 1 fully saturated rings. The number of H-pyrrole nitrogens is 1. The van der Waals surface area contributed by atoms with E-state index in [9.17, 15) is 0 Å². The van der Waals surface area contributed by atoms with Crippen molar-refractivity contribution in [2.24, 2.45) is 0 Å². The highest BCUT2D eigenvalue weighted by atomic mass is 16.5. The van der Waals surface area contributed by atoms with Crippen LogP contribution in [0.3, 0.4) is 0 Å². The second kappa shape index (κ2) is 10.1. The van der Waals surface area contributed by atoms with E-state index in [-0.39, 0.29) is 0 Å². The van der Waals surface area contributed by atoms with Crippen LogP contribution >= 0.6 is 0 Å². The highest BCUT2D eigenvalue weighted by molar-refractivity contribution is 5.86. The normalized spacial score (nSPS) is 17.1. The molecule has 0 bridgehead atoms. The molecule has 5 heteroatoms. The number of nitrogens with zero attached hydrogens (tertiary/aromatic N) is 1. The first-order valence-corrected chi connectivity index (χ1v) is 11.3. The van der Waals surface area contributed by atoms with Crippen molar-refractivity contribution in [1.82, 2.24) is 9.88 Å². The molecule has 2 aromatic carbocycles. The van der Waals surface area contributed by atoms with Crippen LogP contribution in [0.15, 0.2) is 42.6 Å². The maximum atomic E-state index is 5.48. The minimum Gasteiger partial charge on any atom is -0.497 e. The van der Waals surface area contributed by atoms with Gasteiger partial charge < -0.3 is 24.1 Å². The number of hydrogen-bond donors (Lipinski definition) is 1. The van der Waals surface area contributed by atoms with Crippen molar-refractivity contribution in [1.29, 1.82) is 0 Å². The SMILES string of the molecule is COc1cccc(C2CCCN(CCCCc3c[nH]c4cc(OC)c(OC)cc34)C2)c1. The van der Waals surface area contributed by atoms with E-state index in [0.29, 0.717) is 5.92 Å². The average Bonchev–Trinajstić information content (AvgIpc) is 3.22. The largest absolute Gasteiger partial charge is 0.497 e.